The van der Waals surface area contributed by atoms with Crippen LogP contribution in [0.25, 0.3) is 0 Å². The van der Waals surface area contributed by atoms with Gasteiger partial charge in [0, 0.05) is 0 Å². The molecule has 1 rings (SSSR count). The van der Waals surface area contributed by atoms with E-state index < -0.39 is 0 Å². The van der Waals surface area contributed by atoms with E-state index in [0.29, 0.717) is 5.92 Å². The zero-order chi connectivity index (χ0) is 10.2. The molecule has 0 bridgehead atoms. The minimum Gasteiger partial charge on any atom is -0.393 e. The molecule has 1 N–H and O–H groups in total. The van der Waals surface area contributed by atoms with Crippen LogP contribution in [0.4, 0.5) is 0 Å². The predicted molar refractivity (Wildman–Crippen MR) is 56.6 cm³/mol. The van der Waals surface area contributed by atoms with Crippen LogP contribution in [0.3, 0.4) is 0 Å². The van der Waals surface area contributed by atoms with E-state index in [-0.39, 0.29) is 11.5 Å². The average molecular weight is 182 g/mol. The Balaban J connectivity index is 2.93. The van der Waals surface area contributed by atoms with Crippen LogP contribution in [0, 0.1) is 11.3 Å². The zero-order valence-corrected chi connectivity index (χ0v) is 9.52. The largest absolute Gasteiger partial charge is 0.393 e. The summed E-state index contributed by atoms with van der Waals surface area (Å²) in [6, 6.07) is 0. The van der Waals surface area contributed by atoms with Crippen molar-refractivity contribution in [3.8, 4) is 0 Å². The van der Waals surface area contributed by atoms with Gasteiger partial charge in [-0.15, -0.1) is 0 Å². The van der Waals surface area contributed by atoms with E-state index in [2.05, 4.69) is 27.7 Å². The summed E-state index contributed by atoms with van der Waals surface area (Å²) in [7, 11) is 0. The van der Waals surface area contributed by atoms with E-state index in [1.54, 1.807) is 0 Å². The smallest absolute Gasteiger partial charge is 0.0571 e. The van der Waals surface area contributed by atoms with Crippen LogP contribution in [-0.4, -0.2) is 11.2 Å². The molecule has 0 saturated heterocycles. The molecular formula is C12H22O. The Kier molecular flexibility index (Phi) is 2.86. The van der Waals surface area contributed by atoms with Gasteiger partial charge in [0.1, 0.15) is 0 Å². The summed E-state index contributed by atoms with van der Waals surface area (Å²) in [5.74, 6) is 0.594. The summed E-state index contributed by atoms with van der Waals surface area (Å²) in [4.78, 5) is 0. The number of aliphatic hydroxyl groups excluding tert-OH is 1. The lowest BCUT2D eigenvalue weighted by Crippen LogP contribution is -2.39. The fraction of sp³-hybridized carbons (Fsp3) is 0.833. The van der Waals surface area contributed by atoms with Crippen molar-refractivity contribution in [2.75, 3.05) is 0 Å². The number of hydrogen-bond acceptors (Lipinski definition) is 1. The van der Waals surface area contributed by atoms with Gasteiger partial charge in [0.15, 0.2) is 0 Å². The van der Waals surface area contributed by atoms with Gasteiger partial charge in [0.2, 0.25) is 0 Å². The van der Waals surface area contributed by atoms with Gasteiger partial charge in [0.05, 0.1) is 6.10 Å². The summed E-state index contributed by atoms with van der Waals surface area (Å²) in [5, 5.41) is 9.79. The molecule has 0 aromatic carbocycles. The molecule has 0 heterocycles. The van der Waals surface area contributed by atoms with Gasteiger partial charge >= 0.3 is 0 Å². The molecule has 0 fully saturated rings. The lowest BCUT2D eigenvalue weighted by molar-refractivity contribution is 0.00555. The third-order valence-electron chi connectivity index (χ3n) is 4.07. The molecule has 1 heteroatoms. The van der Waals surface area contributed by atoms with Gasteiger partial charge in [0.25, 0.3) is 0 Å². The zero-order valence-electron chi connectivity index (χ0n) is 9.52. The Morgan fingerprint density at radius 3 is 2.38 bits per heavy atom. The molecule has 0 amide bonds. The molecule has 1 nitrogen and oxygen atoms in total. The average Bonchev–Trinajstić information content (AvgIpc) is 2.01. The normalized spacial score (nSPS) is 37.8. The molecule has 0 spiro atoms. The van der Waals surface area contributed by atoms with Crippen molar-refractivity contribution < 1.29 is 5.11 Å². The summed E-state index contributed by atoms with van der Waals surface area (Å²) < 4.78 is 0. The lowest BCUT2D eigenvalue weighted by Gasteiger charge is -2.43. The Morgan fingerprint density at radius 1 is 1.38 bits per heavy atom. The second kappa shape index (κ2) is 3.45. The highest BCUT2D eigenvalue weighted by atomic mass is 16.3. The molecule has 0 aromatic heterocycles. The van der Waals surface area contributed by atoms with Gasteiger partial charge in [-0.3, -0.25) is 0 Å². The molecule has 3 atom stereocenters. The fourth-order valence-electron chi connectivity index (χ4n) is 2.32. The lowest BCUT2D eigenvalue weighted by atomic mass is 9.64. The van der Waals surface area contributed by atoms with Gasteiger partial charge in [-0.2, -0.15) is 0 Å². The third kappa shape index (κ3) is 1.80. The van der Waals surface area contributed by atoms with E-state index in [0.717, 1.165) is 12.8 Å². The molecule has 13 heavy (non-hydrogen) atoms. The first-order chi connectivity index (χ1) is 5.88. The van der Waals surface area contributed by atoms with Crippen molar-refractivity contribution in [1.29, 1.82) is 0 Å². The highest BCUT2D eigenvalue weighted by Crippen LogP contribution is 2.45. The topological polar surface area (TPSA) is 20.2 Å². The van der Waals surface area contributed by atoms with Crippen molar-refractivity contribution in [3.05, 3.63) is 11.1 Å². The maximum atomic E-state index is 9.79. The number of hydrogen-bond donors (Lipinski definition) is 1. The van der Waals surface area contributed by atoms with Gasteiger partial charge in [-0.25, -0.2) is 0 Å². The third-order valence-corrected chi connectivity index (χ3v) is 4.07. The van der Waals surface area contributed by atoms with Gasteiger partial charge in [-0.05, 0) is 44.9 Å². The summed E-state index contributed by atoms with van der Waals surface area (Å²) in [5.41, 5.74) is 3.08. The first-order valence-corrected chi connectivity index (χ1v) is 5.21. The van der Waals surface area contributed by atoms with Crippen molar-refractivity contribution >= 4 is 0 Å². The molecule has 76 valence electrons. The van der Waals surface area contributed by atoms with Crippen molar-refractivity contribution in [2.45, 2.75) is 53.6 Å². The Labute approximate surface area is 81.9 Å². The summed E-state index contributed by atoms with van der Waals surface area (Å²) >= 11 is 0. The molecule has 1 aliphatic rings. The van der Waals surface area contributed by atoms with E-state index >= 15 is 0 Å². The predicted octanol–water partition coefficient (Wildman–Crippen LogP) is 3.14. The molecule has 1 aliphatic carbocycles. The van der Waals surface area contributed by atoms with Crippen molar-refractivity contribution in [3.63, 3.8) is 0 Å². The van der Waals surface area contributed by atoms with Crippen LogP contribution in [0.5, 0.6) is 0 Å². The van der Waals surface area contributed by atoms with E-state index in [1.807, 2.05) is 6.92 Å². The Bertz CT molecular complexity index is 227. The molecule has 0 saturated carbocycles. The molecule has 0 aliphatic heterocycles. The Morgan fingerprint density at radius 2 is 1.92 bits per heavy atom. The van der Waals surface area contributed by atoms with Crippen LogP contribution < -0.4 is 0 Å². The minimum atomic E-state index is -0.203. The van der Waals surface area contributed by atoms with Crippen LogP contribution in [-0.2, 0) is 0 Å². The van der Waals surface area contributed by atoms with E-state index in [1.165, 1.54) is 11.1 Å². The second-order valence-electron chi connectivity index (χ2n) is 5.02. The maximum absolute atomic E-state index is 9.79. The van der Waals surface area contributed by atoms with E-state index in [9.17, 15) is 5.11 Å². The molecule has 0 aromatic rings. The number of rotatable bonds is 1. The van der Waals surface area contributed by atoms with Crippen molar-refractivity contribution in [1.82, 2.24) is 0 Å². The summed E-state index contributed by atoms with van der Waals surface area (Å²) in [6.07, 6.45) is 2.00. The SMILES string of the molecule is CC1=C(C)C[C@](C)([C@@H](C)O)C(C)C1. The van der Waals surface area contributed by atoms with Crippen molar-refractivity contribution in [2.24, 2.45) is 11.3 Å². The highest BCUT2D eigenvalue weighted by molar-refractivity contribution is 5.18. The van der Waals surface area contributed by atoms with Crippen LogP contribution in [0.15, 0.2) is 11.1 Å². The highest BCUT2D eigenvalue weighted by Gasteiger charge is 2.38. The Hall–Kier alpha value is -0.300. The number of aliphatic hydroxyl groups is 1. The molecule has 0 radical (unpaired) electrons. The molecule has 1 unspecified atom stereocenters. The van der Waals surface area contributed by atoms with Crippen LogP contribution in [0.1, 0.15) is 47.5 Å². The quantitative estimate of drug-likeness (QED) is 0.618. The van der Waals surface area contributed by atoms with E-state index in [4.69, 9.17) is 0 Å². The minimum absolute atomic E-state index is 0.0869. The fourth-order valence-corrected chi connectivity index (χ4v) is 2.32. The van der Waals surface area contributed by atoms with Gasteiger partial charge in [-0.1, -0.05) is 25.0 Å². The van der Waals surface area contributed by atoms with Crippen LogP contribution >= 0.6 is 0 Å². The van der Waals surface area contributed by atoms with Gasteiger partial charge < -0.3 is 5.11 Å². The monoisotopic (exact) mass is 182 g/mol. The first-order valence-electron chi connectivity index (χ1n) is 5.21. The second-order valence-corrected chi connectivity index (χ2v) is 5.02. The molecular weight excluding hydrogens is 160 g/mol. The maximum Gasteiger partial charge on any atom is 0.0571 e. The summed E-state index contributed by atoms with van der Waals surface area (Å²) in [6.45, 7) is 10.8. The number of allylic oxidation sites excluding steroid dienone is 2. The van der Waals surface area contributed by atoms with Crippen LogP contribution in [0.2, 0.25) is 0 Å². The first kappa shape index (κ1) is 10.8. The standard InChI is InChI=1S/C12H22O/c1-8-6-10(3)12(5,11(4)13)7-9(8)2/h10-11,13H,6-7H2,1-5H3/t10?,11-,12+/m1/s1.